The molecule has 11 nitrogen and oxygen atoms in total. The number of nitrogens with one attached hydrogen (secondary N) is 2. The van der Waals surface area contributed by atoms with Gasteiger partial charge in [0.05, 0.1) is 35.6 Å². The molecule has 3 aliphatic rings. The number of aliphatic hydroxyl groups excluding tert-OH is 1. The normalized spacial score (nSPS) is 28.8. The maximum atomic E-state index is 14.4. The number of amides is 3. The summed E-state index contributed by atoms with van der Waals surface area (Å²) in [5.74, 6) is -2.47. The minimum absolute atomic E-state index is 0.0451. The SMILES string of the molecule is CC[C@]12CCC3(O1)C(C(=O)NCn1nnc4ccccc41)N([C@@H](CO)CC(C)C)C(=O)[C@@H]3[C@H]2C(=O)Nc1ccccc1. The average molecular weight is 575 g/mol. The van der Waals surface area contributed by atoms with Crippen LogP contribution in [0.5, 0.6) is 0 Å². The van der Waals surface area contributed by atoms with E-state index in [1.807, 2.05) is 63.2 Å². The number of aliphatic hydroxyl groups is 1. The largest absolute Gasteiger partial charge is 0.394 e. The van der Waals surface area contributed by atoms with Crippen LogP contribution in [-0.4, -0.2) is 72.6 Å². The van der Waals surface area contributed by atoms with Gasteiger partial charge >= 0.3 is 0 Å². The summed E-state index contributed by atoms with van der Waals surface area (Å²) in [6.07, 6.45) is 2.05. The zero-order valence-electron chi connectivity index (χ0n) is 24.2. The minimum atomic E-state index is -1.19. The Balaban J connectivity index is 1.36. The van der Waals surface area contributed by atoms with Crippen LogP contribution in [0.1, 0.15) is 46.5 Å². The molecule has 3 aromatic rings. The molecular weight excluding hydrogens is 536 g/mol. The van der Waals surface area contributed by atoms with E-state index in [0.717, 1.165) is 5.52 Å². The Morgan fingerprint density at radius 2 is 1.83 bits per heavy atom. The smallest absolute Gasteiger partial charge is 0.247 e. The minimum Gasteiger partial charge on any atom is -0.394 e. The molecule has 1 spiro atoms. The molecule has 42 heavy (non-hydrogen) atoms. The fraction of sp³-hybridized carbons (Fsp3) is 0.516. The first-order valence-corrected chi connectivity index (χ1v) is 14.8. The molecule has 3 N–H and O–H groups in total. The Hall–Kier alpha value is -3.83. The highest BCUT2D eigenvalue weighted by atomic mass is 16.5. The summed E-state index contributed by atoms with van der Waals surface area (Å²) in [5.41, 5.74) is 0.0519. The molecule has 11 heteroatoms. The van der Waals surface area contributed by atoms with Gasteiger partial charge in [-0.25, -0.2) is 4.68 Å². The van der Waals surface area contributed by atoms with Crippen LogP contribution in [0.4, 0.5) is 5.69 Å². The van der Waals surface area contributed by atoms with E-state index in [9.17, 15) is 19.5 Å². The van der Waals surface area contributed by atoms with Crippen molar-refractivity contribution < 1.29 is 24.2 Å². The van der Waals surface area contributed by atoms with Gasteiger partial charge < -0.3 is 25.4 Å². The van der Waals surface area contributed by atoms with Crippen molar-refractivity contribution in [3.63, 3.8) is 0 Å². The van der Waals surface area contributed by atoms with Crippen molar-refractivity contribution in [1.82, 2.24) is 25.2 Å². The number of carbonyl (C=O) groups excluding carboxylic acids is 3. The Morgan fingerprint density at radius 3 is 2.55 bits per heavy atom. The van der Waals surface area contributed by atoms with Crippen LogP contribution < -0.4 is 10.6 Å². The van der Waals surface area contributed by atoms with Gasteiger partial charge in [0.15, 0.2) is 0 Å². The quantitative estimate of drug-likeness (QED) is 0.338. The van der Waals surface area contributed by atoms with E-state index in [2.05, 4.69) is 20.9 Å². The third kappa shape index (κ3) is 4.37. The summed E-state index contributed by atoms with van der Waals surface area (Å²) in [7, 11) is 0. The Morgan fingerprint density at radius 1 is 1.10 bits per heavy atom. The zero-order chi connectivity index (χ0) is 29.6. The molecule has 1 aromatic heterocycles. The van der Waals surface area contributed by atoms with Gasteiger partial charge in [0.2, 0.25) is 17.7 Å². The third-order valence-corrected chi connectivity index (χ3v) is 9.36. The molecule has 3 amide bonds. The lowest BCUT2D eigenvalue weighted by molar-refractivity contribution is -0.150. The van der Waals surface area contributed by atoms with E-state index in [1.165, 1.54) is 4.90 Å². The third-order valence-electron chi connectivity index (χ3n) is 9.36. The van der Waals surface area contributed by atoms with Gasteiger partial charge in [-0.1, -0.05) is 56.3 Å². The standard InChI is InChI=1S/C31H38N6O5/c1-4-30-14-15-31(42-30)25(24(30)27(39)33-20-10-6-5-7-11-20)29(41)37(21(17-38)16-19(2)3)26(31)28(40)32-18-36-23-13-9-8-12-22(23)34-35-36/h5-13,19,21,24-26,38H,4,14-18H2,1-3H3,(H,32,40)(H,33,39)/t21-,24+,25+,26?,30-,31?/m1/s1. The molecule has 6 rings (SSSR count). The maximum absolute atomic E-state index is 14.4. The number of ether oxygens (including phenoxy) is 1. The van der Waals surface area contributed by atoms with E-state index < -0.39 is 41.0 Å². The summed E-state index contributed by atoms with van der Waals surface area (Å²) < 4.78 is 8.43. The van der Waals surface area contributed by atoms with Gasteiger partial charge in [0, 0.05) is 5.69 Å². The second kappa shape index (κ2) is 10.8. The molecule has 2 aromatic carbocycles. The van der Waals surface area contributed by atoms with Crippen LogP contribution in [0.15, 0.2) is 54.6 Å². The molecule has 4 heterocycles. The number of hydrogen-bond donors (Lipinski definition) is 3. The number of para-hydroxylation sites is 2. The first kappa shape index (κ1) is 28.3. The van der Waals surface area contributed by atoms with Crippen LogP contribution in [0, 0.1) is 17.8 Å². The number of fused-ring (bicyclic) bond motifs is 2. The van der Waals surface area contributed by atoms with Gasteiger partial charge in [-0.05, 0) is 55.9 Å². The molecule has 222 valence electrons. The lowest BCUT2D eigenvalue weighted by Gasteiger charge is -2.37. The number of benzene rings is 2. The number of likely N-dealkylation sites (tertiary alicyclic amines) is 1. The van der Waals surface area contributed by atoms with Crippen molar-refractivity contribution in [2.24, 2.45) is 17.8 Å². The number of nitrogens with zero attached hydrogens (tertiary/aromatic N) is 4. The van der Waals surface area contributed by atoms with E-state index in [-0.39, 0.29) is 31.0 Å². The maximum Gasteiger partial charge on any atom is 0.247 e. The van der Waals surface area contributed by atoms with Crippen LogP contribution in [0.2, 0.25) is 0 Å². The van der Waals surface area contributed by atoms with Gasteiger partial charge in [-0.15, -0.1) is 5.10 Å². The first-order valence-electron chi connectivity index (χ1n) is 14.8. The average Bonchev–Trinajstić information content (AvgIpc) is 3.72. The summed E-state index contributed by atoms with van der Waals surface area (Å²) >= 11 is 0. The lowest BCUT2D eigenvalue weighted by Crippen LogP contribution is -2.58. The highest BCUT2D eigenvalue weighted by Crippen LogP contribution is 2.64. The van der Waals surface area contributed by atoms with Gasteiger partial charge in [-0.2, -0.15) is 0 Å². The summed E-state index contributed by atoms with van der Waals surface area (Å²) in [4.78, 5) is 44.1. The molecule has 3 saturated heterocycles. The fourth-order valence-electron chi connectivity index (χ4n) is 7.59. The van der Waals surface area contributed by atoms with Crippen LogP contribution >= 0.6 is 0 Å². The fourth-order valence-corrected chi connectivity index (χ4v) is 7.59. The Labute approximate surface area is 244 Å². The molecule has 0 saturated carbocycles. The molecule has 0 aliphatic carbocycles. The first-order chi connectivity index (χ1) is 20.2. The molecule has 6 atom stereocenters. The summed E-state index contributed by atoms with van der Waals surface area (Å²) in [6, 6.07) is 15.0. The highest BCUT2D eigenvalue weighted by molar-refractivity contribution is 6.02. The molecule has 3 fully saturated rings. The molecular formula is C31H38N6O5. The van der Waals surface area contributed by atoms with Gasteiger partial charge in [-0.3, -0.25) is 14.4 Å². The van der Waals surface area contributed by atoms with Gasteiger partial charge in [0.1, 0.15) is 23.8 Å². The zero-order valence-corrected chi connectivity index (χ0v) is 24.2. The second-order valence-electron chi connectivity index (χ2n) is 12.2. The molecule has 2 unspecified atom stereocenters. The number of anilines is 1. The van der Waals surface area contributed by atoms with Crippen LogP contribution in [-0.2, 0) is 25.8 Å². The van der Waals surface area contributed by atoms with E-state index in [0.29, 0.717) is 36.9 Å². The van der Waals surface area contributed by atoms with Crippen LogP contribution in [0.25, 0.3) is 11.0 Å². The monoisotopic (exact) mass is 574 g/mol. The molecule has 0 radical (unpaired) electrons. The number of carbonyl (C=O) groups is 3. The summed E-state index contributed by atoms with van der Waals surface area (Å²) in [5, 5.41) is 24.8. The van der Waals surface area contributed by atoms with Gasteiger partial charge in [0.25, 0.3) is 0 Å². The number of aromatic nitrogens is 3. The van der Waals surface area contributed by atoms with E-state index in [4.69, 9.17) is 4.74 Å². The second-order valence-corrected chi connectivity index (χ2v) is 12.2. The van der Waals surface area contributed by atoms with Crippen molar-refractivity contribution in [2.75, 3.05) is 11.9 Å². The highest BCUT2D eigenvalue weighted by Gasteiger charge is 2.79. The van der Waals surface area contributed by atoms with E-state index in [1.54, 1.807) is 16.8 Å². The lowest BCUT2D eigenvalue weighted by atomic mass is 9.65. The van der Waals surface area contributed by atoms with Crippen molar-refractivity contribution in [2.45, 2.75) is 76.4 Å². The predicted molar refractivity (Wildman–Crippen MR) is 155 cm³/mol. The van der Waals surface area contributed by atoms with Crippen molar-refractivity contribution in [1.29, 1.82) is 0 Å². The van der Waals surface area contributed by atoms with Crippen molar-refractivity contribution in [3.8, 4) is 0 Å². The van der Waals surface area contributed by atoms with Crippen molar-refractivity contribution in [3.05, 3.63) is 54.6 Å². The predicted octanol–water partition coefficient (Wildman–Crippen LogP) is 2.71. The number of hydrogen-bond acceptors (Lipinski definition) is 7. The molecule has 3 aliphatic heterocycles. The Kier molecular flexibility index (Phi) is 7.26. The van der Waals surface area contributed by atoms with Crippen molar-refractivity contribution >= 4 is 34.4 Å². The van der Waals surface area contributed by atoms with Crippen LogP contribution in [0.3, 0.4) is 0 Å². The topological polar surface area (TPSA) is 139 Å². The summed E-state index contributed by atoms with van der Waals surface area (Å²) in [6.45, 7) is 5.73. The Bertz CT molecular complexity index is 1490. The number of rotatable bonds is 10. The molecule has 2 bridgehead atoms. The van der Waals surface area contributed by atoms with E-state index >= 15 is 0 Å².